The van der Waals surface area contributed by atoms with Crippen molar-refractivity contribution in [1.29, 1.82) is 0 Å². The second-order valence-electron chi connectivity index (χ2n) is 5.89. The molecule has 3 rings (SSSR count). The molecule has 2 fully saturated rings. The van der Waals surface area contributed by atoms with E-state index in [1.165, 1.54) is 43.5 Å². The Morgan fingerprint density at radius 2 is 1.90 bits per heavy atom. The van der Waals surface area contributed by atoms with Crippen molar-refractivity contribution >= 4 is 24.8 Å². The van der Waals surface area contributed by atoms with Gasteiger partial charge >= 0.3 is 0 Å². The van der Waals surface area contributed by atoms with Crippen LogP contribution in [0.1, 0.15) is 36.4 Å². The molecule has 0 amide bonds. The summed E-state index contributed by atoms with van der Waals surface area (Å²) in [5, 5.41) is 3.46. The summed E-state index contributed by atoms with van der Waals surface area (Å²) < 4.78 is 0. The lowest BCUT2D eigenvalue weighted by atomic mass is 9.97. The summed E-state index contributed by atoms with van der Waals surface area (Å²) in [6, 6.07) is 9.78. The summed E-state index contributed by atoms with van der Waals surface area (Å²) in [4.78, 5) is 2.68. The lowest BCUT2D eigenvalue weighted by Crippen LogP contribution is -2.45. The average molecular weight is 317 g/mol. The highest BCUT2D eigenvalue weighted by Crippen LogP contribution is 2.40. The average Bonchev–Trinajstić information content (AvgIpc) is 3.21. The topological polar surface area (TPSA) is 15.3 Å². The van der Waals surface area contributed by atoms with Crippen LogP contribution in [-0.4, -0.2) is 31.1 Å². The molecule has 1 aliphatic heterocycles. The first-order valence-corrected chi connectivity index (χ1v) is 7.34. The maximum atomic E-state index is 3.46. The Kier molecular flexibility index (Phi) is 7.32. The molecule has 1 saturated carbocycles. The van der Waals surface area contributed by atoms with E-state index in [9.17, 15) is 0 Å². The quantitative estimate of drug-likeness (QED) is 0.913. The molecule has 1 saturated heterocycles. The van der Waals surface area contributed by atoms with Gasteiger partial charge in [-0.05, 0) is 24.8 Å². The Bertz CT molecular complexity index is 401. The molecule has 1 heterocycles. The fraction of sp³-hybridized carbons (Fsp3) is 0.625. The predicted octanol–water partition coefficient (Wildman–Crippen LogP) is 3.59. The zero-order valence-electron chi connectivity index (χ0n) is 12.2. The Morgan fingerprint density at radius 3 is 2.50 bits per heavy atom. The van der Waals surface area contributed by atoms with Crippen LogP contribution in [0.5, 0.6) is 0 Å². The van der Waals surface area contributed by atoms with Crippen LogP contribution in [0.3, 0.4) is 0 Å². The van der Waals surface area contributed by atoms with Crippen LogP contribution >= 0.6 is 24.8 Å². The number of hydrogen-bond acceptors (Lipinski definition) is 2. The predicted molar refractivity (Wildman–Crippen MR) is 90.2 cm³/mol. The van der Waals surface area contributed by atoms with Crippen molar-refractivity contribution in [2.75, 3.05) is 26.2 Å². The third kappa shape index (κ3) is 4.63. The molecular formula is C16H26Cl2N2. The van der Waals surface area contributed by atoms with Crippen molar-refractivity contribution in [3.8, 4) is 0 Å². The van der Waals surface area contributed by atoms with Crippen LogP contribution in [0, 0.1) is 12.8 Å². The Hall–Kier alpha value is -0.280. The van der Waals surface area contributed by atoms with Gasteiger partial charge in [0.15, 0.2) is 0 Å². The zero-order valence-corrected chi connectivity index (χ0v) is 13.8. The first-order valence-electron chi connectivity index (χ1n) is 7.34. The molecule has 20 heavy (non-hydrogen) atoms. The van der Waals surface area contributed by atoms with Crippen LogP contribution in [-0.2, 0) is 0 Å². The van der Waals surface area contributed by atoms with Gasteiger partial charge in [0.1, 0.15) is 0 Å². The standard InChI is InChI=1S/C16H24N2.2ClH/c1-13-3-2-4-15(11-13)16(12-14-5-6-14)18-9-7-17-8-10-18;;/h2-4,11,14,16-17H,5-10,12H2,1H3;2*1H/t16-;;/m1../s1. The van der Waals surface area contributed by atoms with Crippen molar-refractivity contribution in [2.45, 2.75) is 32.2 Å². The third-order valence-corrected chi connectivity index (χ3v) is 4.27. The van der Waals surface area contributed by atoms with Gasteiger partial charge in [-0.3, -0.25) is 4.90 Å². The molecule has 0 radical (unpaired) electrons. The molecule has 1 aromatic rings. The van der Waals surface area contributed by atoms with Gasteiger partial charge in [-0.15, -0.1) is 24.8 Å². The van der Waals surface area contributed by atoms with Crippen molar-refractivity contribution in [3.63, 3.8) is 0 Å². The zero-order chi connectivity index (χ0) is 12.4. The van der Waals surface area contributed by atoms with E-state index in [1.807, 2.05) is 0 Å². The summed E-state index contributed by atoms with van der Waals surface area (Å²) in [5.41, 5.74) is 2.92. The Balaban J connectivity index is 0.000001000. The fourth-order valence-corrected chi connectivity index (χ4v) is 3.04. The maximum absolute atomic E-state index is 3.46. The molecule has 1 atom stereocenters. The van der Waals surface area contributed by atoms with E-state index in [2.05, 4.69) is 41.4 Å². The van der Waals surface area contributed by atoms with Gasteiger partial charge in [-0.2, -0.15) is 0 Å². The van der Waals surface area contributed by atoms with Gasteiger partial charge in [0.25, 0.3) is 0 Å². The number of benzene rings is 1. The molecule has 1 aliphatic carbocycles. The molecule has 114 valence electrons. The number of aryl methyl sites for hydroxylation is 1. The fourth-order valence-electron chi connectivity index (χ4n) is 3.04. The molecule has 0 bridgehead atoms. The van der Waals surface area contributed by atoms with Crippen molar-refractivity contribution in [1.82, 2.24) is 10.2 Å². The largest absolute Gasteiger partial charge is 0.314 e. The molecule has 0 aromatic heterocycles. The van der Waals surface area contributed by atoms with E-state index in [0.717, 1.165) is 19.0 Å². The van der Waals surface area contributed by atoms with E-state index < -0.39 is 0 Å². The van der Waals surface area contributed by atoms with Crippen molar-refractivity contribution in [3.05, 3.63) is 35.4 Å². The van der Waals surface area contributed by atoms with E-state index >= 15 is 0 Å². The molecule has 0 spiro atoms. The van der Waals surface area contributed by atoms with E-state index in [-0.39, 0.29) is 24.8 Å². The highest BCUT2D eigenvalue weighted by atomic mass is 35.5. The van der Waals surface area contributed by atoms with Gasteiger partial charge in [0, 0.05) is 32.2 Å². The number of piperazine rings is 1. The molecule has 2 aliphatic rings. The number of halogens is 2. The molecule has 4 heteroatoms. The lowest BCUT2D eigenvalue weighted by Gasteiger charge is -2.35. The molecule has 2 nitrogen and oxygen atoms in total. The summed E-state index contributed by atoms with van der Waals surface area (Å²) in [6.07, 6.45) is 4.27. The van der Waals surface area contributed by atoms with Crippen LogP contribution in [0.2, 0.25) is 0 Å². The van der Waals surface area contributed by atoms with Gasteiger partial charge < -0.3 is 5.32 Å². The molecule has 0 unspecified atom stereocenters. The van der Waals surface area contributed by atoms with E-state index in [0.29, 0.717) is 6.04 Å². The van der Waals surface area contributed by atoms with Gasteiger partial charge in [0.2, 0.25) is 0 Å². The smallest absolute Gasteiger partial charge is 0.0351 e. The third-order valence-electron chi connectivity index (χ3n) is 4.27. The summed E-state index contributed by atoms with van der Waals surface area (Å²) in [7, 11) is 0. The first kappa shape index (κ1) is 17.8. The molecular weight excluding hydrogens is 291 g/mol. The monoisotopic (exact) mass is 316 g/mol. The van der Waals surface area contributed by atoms with Crippen LogP contribution < -0.4 is 5.32 Å². The molecule has 1 aromatic carbocycles. The highest BCUT2D eigenvalue weighted by molar-refractivity contribution is 5.85. The minimum Gasteiger partial charge on any atom is -0.314 e. The summed E-state index contributed by atoms with van der Waals surface area (Å²) in [6.45, 7) is 6.89. The second-order valence-corrected chi connectivity index (χ2v) is 5.89. The highest BCUT2D eigenvalue weighted by Gasteiger charge is 2.30. The lowest BCUT2D eigenvalue weighted by molar-refractivity contribution is 0.160. The maximum Gasteiger partial charge on any atom is 0.0351 e. The minimum absolute atomic E-state index is 0. The Morgan fingerprint density at radius 1 is 1.20 bits per heavy atom. The SMILES string of the molecule is Cc1cccc([C@@H](CC2CC2)N2CCNCC2)c1.Cl.Cl. The first-order chi connectivity index (χ1) is 8.83. The number of rotatable bonds is 4. The van der Waals surface area contributed by atoms with Crippen molar-refractivity contribution < 1.29 is 0 Å². The Labute approximate surface area is 135 Å². The van der Waals surface area contributed by atoms with Crippen LogP contribution in [0.4, 0.5) is 0 Å². The second kappa shape index (κ2) is 8.23. The van der Waals surface area contributed by atoms with Gasteiger partial charge in [-0.25, -0.2) is 0 Å². The number of nitrogens with zero attached hydrogens (tertiary/aromatic N) is 1. The van der Waals surface area contributed by atoms with Gasteiger partial charge in [-0.1, -0.05) is 42.7 Å². The number of hydrogen-bond donors (Lipinski definition) is 1. The molecule has 1 N–H and O–H groups in total. The van der Waals surface area contributed by atoms with E-state index in [4.69, 9.17) is 0 Å². The number of nitrogens with one attached hydrogen (secondary N) is 1. The summed E-state index contributed by atoms with van der Waals surface area (Å²) in [5.74, 6) is 0.991. The van der Waals surface area contributed by atoms with Gasteiger partial charge in [0.05, 0.1) is 0 Å². The van der Waals surface area contributed by atoms with Crippen molar-refractivity contribution in [2.24, 2.45) is 5.92 Å². The summed E-state index contributed by atoms with van der Waals surface area (Å²) >= 11 is 0. The minimum atomic E-state index is 0. The van der Waals surface area contributed by atoms with Crippen LogP contribution in [0.15, 0.2) is 24.3 Å². The van der Waals surface area contributed by atoms with Crippen LogP contribution in [0.25, 0.3) is 0 Å². The normalized spacial score (nSPS) is 20.6. The van der Waals surface area contributed by atoms with E-state index in [1.54, 1.807) is 0 Å².